The lowest BCUT2D eigenvalue weighted by atomic mass is 9.93. The maximum atomic E-state index is 12.7. The number of rotatable bonds is 6. The molecule has 0 bridgehead atoms. The Hall–Kier alpha value is -4.15. The summed E-state index contributed by atoms with van der Waals surface area (Å²) in [5, 5.41) is 8.79. The van der Waals surface area contributed by atoms with Crippen molar-refractivity contribution in [2.45, 2.75) is 64.4 Å². The van der Waals surface area contributed by atoms with E-state index in [9.17, 15) is 9.59 Å². The van der Waals surface area contributed by atoms with Gasteiger partial charge in [-0.25, -0.2) is 9.31 Å². The highest BCUT2D eigenvalue weighted by atomic mass is 16.6. The van der Waals surface area contributed by atoms with E-state index in [1.165, 1.54) is 0 Å². The molecule has 0 aliphatic carbocycles. The summed E-state index contributed by atoms with van der Waals surface area (Å²) < 4.78 is 18.2. The third-order valence-electron chi connectivity index (χ3n) is 7.01. The Labute approximate surface area is 226 Å². The van der Waals surface area contributed by atoms with Crippen LogP contribution in [0.3, 0.4) is 0 Å². The van der Waals surface area contributed by atoms with Crippen LogP contribution in [0.1, 0.15) is 75.9 Å². The predicted molar refractivity (Wildman–Crippen MR) is 144 cm³/mol. The van der Waals surface area contributed by atoms with Crippen molar-refractivity contribution in [1.29, 1.82) is 0 Å². The van der Waals surface area contributed by atoms with Crippen LogP contribution in [0.15, 0.2) is 45.8 Å². The Morgan fingerprint density at radius 3 is 2.56 bits per heavy atom. The number of likely N-dealkylation sites (tertiary alicyclic amines) is 1. The van der Waals surface area contributed by atoms with Crippen molar-refractivity contribution in [3.8, 4) is 17.1 Å². The van der Waals surface area contributed by atoms with Gasteiger partial charge in [0.2, 0.25) is 11.7 Å². The number of hydrogen-bond acceptors (Lipinski definition) is 8. The fourth-order valence-electron chi connectivity index (χ4n) is 5.03. The first-order valence-corrected chi connectivity index (χ1v) is 13.2. The third kappa shape index (κ3) is 5.52. The molecular formula is C28H34N6O5. The van der Waals surface area contributed by atoms with Gasteiger partial charge in [0.05, 0.1) is 30.5 Å². The van der Waals surface area contributed by atoms with Crippen LogP contribution in [-0.4, -0.2) is 61.5 Å². The minimum Gasteiger partial charge on any atom is -0.497 e. The normalized spacial score (nSPS) is 15.5. The summed E-state index contributed by atoms with van der Waals surface area (Å²) in [7, 11) is 1.63. The number of carbonyl (C=O) groups is 1. The summed E-state index contributed by atoms with van der Waals surface area (Å²) in [6.07, 6.45) is 3.49. The molecule has 0 radical (unpaired) electrons. The Balaban J connectivity index is 1.39. The van der Waals surface area contributed by atoms with Crippen molar-refractivity contribution in [3.05, 3.63) is 64.0 Å². The molecule has 1 N–H and O–H groups in total. The van der Waals surface area contributed by atoms with Crippen molar-refractivity contribution in [1.82, 2.24) is 29.6 Å². The molecule has 1 fully saturated rings. The second-order valence-corrected chi connectivity index (χ2v) is 10.8. The molecular weight excluding hydrogens is 500 g/mol. The van der Waals surface area contributed by atoms with Gasteiger partial charge in [-0.3, -0.25) is 4.79 Å². The number of nitrogens with zero attached hydrogens (tertiary/aromatic N) is 5. The molecule has 39 heavy (non-hydrogen) atoms. The number of benzene rings is 1. The number of ether oxygens (including phenoxy) is 2. The van der Waals surface area contributed by atoms with Gasteiger partial charge in [-0.05, 0) is 57.7 Å². The maximum Gasteiger partial charge on any atom is 0.410 e. The highest BCUT2D eigenvalue weighted by Crippen LogP contribution is 2.32. The summed E-state index contributed by atoms with van der Waals surface area (Å²) >= 11 is 0. The quantitative estimate of drug-likeness (QED) is 0.376. The van der Waals surface area contributed by atoms with Gasteiger partial charge in [0.1, 0.15) is 17.0 Å². The molecule has 1 aliphatic rings. The van der Waals surface area contributed by atoms with E-state index in [0.29, 0.717) is 48.9 Å². The zero-order chi connectivity index (χ0) is 27.7. The third-order valence-corrected chi connectivity index (χ3v) is 7.01. The Morgan fingerprint density at radius 2 is 1.92 bits per heavy atom. The first-order valence-electron chi connectivity index (χ1n) is 13.2. The molecule has 1 amide bonds. The molecule has 3 aromatic heterocycles. The summed E-state index contributed by atoms with van der Waals surface area (Å²) in [5.41, 5.74) is 2.15. The van der Waals surface area contributed by atoms with Gasteiger partial charge >= 0.3 is 6.09 Å². The smallest absolute Gasteiger partial charge is 0.410 e. The number of hydrogen-bond donors (Lipinski definition) is 1. The second kappa shape index (κ2) is 10.5. The summed E-state index contributed by atoms with van der Waals surface area (Å²) in [6, 6.07) is 9.37. The van der Waals surface area contributed by atoms with E-state index in [0.717, 1.165) is 23.4 Å². The second-order valence-electron chi connectivity index (χ2n) is 10.8. The minimum absolute atomic E-state index is 0.0570. The fourth-order valence-corrected chi connectivity index (χ4v) is 5.03. The number of fused-ring (bicyclic) bond motifs is 1. The Kier molecular flexibility index (Phi) is 7.16. The van der Waals surface area contributed by atoms with E-state index in [2.05, 4.69) is 27.1 Å². The average molecular weight is 535 g/mol. The number of nitrogens with one attached hydrogen (secondary N) is 1. The fraction of sp³-hybridized carbons (Fsp3) is 0.464. The van der Waals surface area contributed by atoms with Gasteiger partial charge in [-0.1, -0.05) is 24.2 Å². The van der Waals surface area contributed by atoms with E-state index < -0.39 is 5.60 Å². The molecule has 4 aromatic rings. The molecule has 11 heteroatoms. The molecule has 1 atom stereocenters. The molecule has 1 aromatic carbocycles. The largest absolute Gasteiger partial charge is 0.497 e. The van der Waals surface area contributed by atoms with Crippen LogP contribution in [0.5, 0.6) is 5.75 Å². The van der Waals surface area contributed by atoms with Crippen LogP contribution in [0.4, 0.5) is 4.79 Å². The monoisotopic (exact) mass is 534 g/mol. The van der Waals surface area contributed by atoms with E-state index in [1.807, 2.05) is 45.0 Å². The number of methoxy groups -OCH3 is 1. The molecule has 5 rings (SSSR count). The van der Waals surface area contributed by atoms with Gasteiger partial charge in [-0.15, -0.1) is 0 Å². The SMILES string of the molecule is CCC(c1ccc(OC)cc1)c1nc(-c2cnn3c(C4CCN(C(=O)OC(C)(C)C)CC4)cc(=O)[nH]c23)no1. The molecule has 0 saturated carbocycles. The van der Waals surface area contributed by atoms with Gasteiger partial charge in [0.15, 0.2) is 0 Å². The number of aromatic nitrogens is 5. The lowest BCUT2D eigenvalue weighted by molar-refractivity contribution is 0.0203. The van der Waals surface area contributed by atoms with Gasteiger partial charge in [0, 0.05) is 25.1 Å². The molecule has 206 valence electrons. The molecule has 4 heterocycles. The molecule has 1 unspecified atom stereocenters. The van der Waals surface area contributed by atoms with Crippen LogP contribution in [0.2, 0.25) is 0 Å². The van der Waals surface area contributed by atoms with Crippen LogP contribution < -0.4 is 10.3 Å². The number of piperidine rings is 1. The van der Waals surface area contributed by atoms with Crippen molar-refractivity contribution >= 4 is 11.7 Å². The zero-order valence-electron chi connectivity index (χ0n) is 22.9. The Bertz CT molecular complexity index is 1510. The van der Waals surface area contributed by atoms with E-state index in [4.69, 9.17) is 14.0 Å². The van der Waals surface area contributed by atoms with Crippen LogP contribution in [0, 0.1) is 0 Å². The van der Waals surface area contributed by atoms with E-state index in [-0.39, 0.29) is 23.5 Å². The van der Waals surface area contributed by atoms with Crippen molar-refractivity contribution in [2.24, 2.45) is 0 Å². The number of carbonyl (C=O) groups excluding carboxylic acids is 1. The first-order chi connectivity index (χ1) is 18.7. The highest BCUT2D eigenvalue weighted by molar-refractivity contribution is 5.72. The van der Waals surface area contributed by atoms with Crippen molar-refractivity contribution < 1.29 is 18.8 Å². The zero-order valence-corrected chi connectivity index (χ0v) is 22.9. The molecule has 1 aliphatic heterocycles. The molecule has 0 spiro atoms. The number of amides is 1. The number of H-pyrrole nitrogens is 1. The van der Waals surface area contributed by atoms with Crippen LogP contribution >= 0.6 is 0 Å². The minimum atomic E-state index is -0.543. The molecule has 11 nitrogen and oxygen atoms in total. The van der Waals surface area contributed by atoms with E-state index in [1.54, 1.807) is 28.8 Å². The summed E-state index contributed by atoms with van der Waals surface area (Å²) in [6.45, 7) is 8.71. The van der Waals surface area contributed by atoms with E-state index >= 15 is 0 Å². The number of aromatic amines is 1. The standard InChI is InChI=1S/C28H34N6O5/c1-6-20(17-7-9-19(37-5)10-8-17)26-31-24(32-39-26)21-16-29-34-22(15-23(35)30-25(21)34)18-11-13-33(14-12-18)27(36)38-28(2,3)4/h7-10,15-16,18,20H,6,11-14H2,1-5H3,(H,30,35). The topological polar surface area (TPSA) is 128 Å². The first kappa shape index (κ1) is 26.5. The van der Waals surface area contributed by atoms with Crippen LogP contribution in [-0.2, 0) is 4.74 Å². The Morgan fingerprint density at radius 1 is 1.21 bits per heavy atom. The van der Waals surface area contributed by atoms with Crippen LogP contribution in [0.25, 0.3) is 17.0 Å². The maximum absolute atomic E-state index is 12.7. The predicted octanol–water partition coefficient (Wildman–Crippen LogP) is 4.74. The van der Waals surface area contributed by atoms with Gasteiger partial charge in [-0.2, -0.15) is 10.1 Å². The van der Waals surface area contributed by atoms with Crippen molar-refractivity contribution in [3.63, 3.8) is 0 Å². The van der Waals surface area contributed by atoms with Gasteiger partial charge < -0.3 is 23.9 Å². The lowest BCUT2D eigenvalue weighted by Gasteiger charge is -2.33. The lowest BCUT2D eigenvalue weighted by Crippen LogP contribution is -2.41. The average Bonchev–Trinajstić information content (AvgIpc) is 3.55. The van der Waals surface area contributed by atoms with Gasteiger partial charge in [0.25, 0.3) is 5.56 Å². The summed E-state index contributed by atoms with van der Waals surface area (Å²) in [5.74, 6) is 1.61. The summed E-state index contributed by atoms with van der Waals surface area (Å²) in [4.78, 5) is 34.5. The highest BCUT2D eigenvalue weighted by Gasteiger charge is 2.30. The van der Waals surface area contributed by atoms with Crippen molar-refractivity contribution in [2.75, 3.05) is 20.2 Å². The molecule has 1 saturated heterocycles.